The Kier molecular flexibility index (Phi) is 6.50. The maximum atomic E-state index is 2.45. The van der Waals surface area contributed by atoms with E-state index >= 15 is 0 Å². The summed E-state index contributed by atoms with van der Waals surface area (Å²) in [5.41, 5.74) is 3.99. The first kappa shape index (κ1) is 20.5. The predicted molar refractivity (Wildman–Crippen MR) is 121 cm³/mol. The van der Waals surface area contributed by atoms with Crippen LogP contribution in [0, 0.1) is 6.92 Å². The fraction of sp³-hybridized carbons (Fsp3) is 0.0769. The molecule has 0 spiro atoms. The molecule has 28 heavy (non-hydrogen) atoms. The maximum Gasteiger partial charge on any atom is 0.112 e. The van der Waals surface area contributed by atoms with Gasteiger partial charge in [0.25, 0.3) is 0 Å². The first-order valence-electron chi connectivity index (χ1n) is 9.34. The van der Waals surface area contributed by atoms with Crippen LogP contribution in [0.5, 0.6) is 0 Å². The third-order valence-corrected chi connectivity index (χ3v) is 9.38. The van der Waals surface area contributed by atoms with Gasteiger partial charge in [0.1, 0.15) is 23.2 Å². The van der Waals surface area contributed by atoms with Gasteiger partial charge < -0.3 is 17.0 Å². The molecule has 0 nitrogen and oxygen atoms in total. The zero-order valence-corrected chi connectivity index (χ0v) is 18.7. The highest BCUT2D eigenvalue weighted by molar-refractivity contribution is 7.95. The normalized spacial score (nSPS) is 10.9. The fourth-order valence-corrected chi connectivity index (χ4v) is 7.30. The van der Waals surface area contributed by atoms with Crippen molar-refractivity contribution in [1.82, 2.24) is 0 Å². The van der Waals surface area contributed by atoms with Crippen LogP contribution in [0.15, 0.2) is 109 Å². The molecule has 0 atom stereocenters. The molecule has 0 N–H and O–H groups in total. The number of aryl methyl sites for hydroxylation is 1. The van der Waals surface area contributed by atoms with Gasteiger partial charge in [0.2, 0.25) is 0 Å². The lowest BCUT2D eigenvalue weighted by Gasteiger charge is -2.25. The van der Waals surface area contributed by atoms with Gasteiger partial charge in [-0.15, -0.1) is 0 Å². The molecule has 0 aliphatic heterocycles. The molecule has 0 aliphatic rings. The number of benzene rings is 4. The minimum Gasteiger partial charge on any atom is -1.00 e. The van der Waals surface area contributed by atoms with Gasteiger partial charge in [0.05, 0.1) is 6.66 Å². The zero-order valence-electron chi connectivity index (χ0n) is 16.2. The van der Waals surface area contributed by atoms with Crippen molar-refractivity contribution >= 4 is 23.2 Å². The van der Waals surface area contributed by atoms with E-state index in [1.54, 1.807) is 0 Å². The van der Waals surface area contributed by atoms with Gasteiger partial charge in [-0.1, -0.05) is 78.9 Å². The molecule has 4 aromatic carbocycles. The van der Waals surface area contributed by atoms with Crippen molar-refractivity contribution in [3.05, 3.63) is 115 Å². The number of rotatable bonds is 4. The highest BCUT2D eigenvalue weighted by Crippen LogP contribution is 2.53. The monoisotopic (exact) mass is 446 g/mol. The van der Waals surface area contributed by atoms with Crippen LogP contribution < -0.4 is 32.9 Å². The number of hydrogen-bond acceptors (Lipinski definition) is 0. The lowest BCUT2D eigenvalue weighted by Crippen LogP contribution is -3.00. The van der Waals surface area contributed by atoms with Gasteiger partial charge in [0, 0.05) is 5.56 Å². The Bertz CT molecular complexity index is 1000. The van der Waals surface area contributed by atoms with Crippen LogP contribution in [0.2, 0.25) is 0 Å². The lowest BCUT2D eigenvalue weighted by atomic mass is 10.0. The molecule has 2 heteroatoms. The van der Waals surface area contributed by atoms with Crippen molar-refractivity contribution in [1.29, 1.82) is 0 Å². The summed E-state index contributed by atoms with van der Waals surface area (Å²) in [5.74, 6) is 0. The van der Waals surface area contributed by atoms with Gasteiger partial charge in [-0.05, 0) is 48.4 Å². The Morgan fingerprint density at radius 3 is 1.46 bits per heavy atom. The highest BCUT2D eigenvalue weighted by atomic mass is 79.9. The average Bonchev–Trinajstić information content (AvgIpc) is 2.75. The minimum absolute atomic E-state index is 0. The fourth-order valence-electron chi connectivity index (χ4n) is 3.85. The summed E-state index contributed by atoms with van der Waals surface area (Å²) in [4.78, 5) is 0. The summed E-state index contributed by atoms with van der Waals surface area (Å²) >= 11 is 0. The molecule has 140 valence electrons. The van der Waals surface area contributed by atoms with E-state index in [9.17, 15) is 0 Å². The summed E-state index contributed by atoms with van der Waals surface area (Å²) in [7, 11) is -1.75. The second kappa shape index (κ2) is 8.86. The highest BCUT2D eigenvalue weighted by Gasteiger charge is 2.41. The molecule has 0 saturated carbocycles. The van der Waals surface area contributed by atoms with Gasteiger partial charge in [-0.3, -0.25) is 0 Å². The lowest BCUT2D eigenvalue weighted by molar-refractivity contribution is -0.00000529. The van der Waals surface area contributed by atoms with E-state index in [-0.39, 0.29) is 17.0 Å². The van der Waals surface area contributed by atoms with Gasteiger partial charge in [-0.2, -0.15) is 0 Å². The smallest absolute Gasteiger partial charge is 0.112 e. The quantitative estimate of drug-likeness (QED) is 0.422. The molecule has 4 aromatic rings. The van der Waals surface area contributed by atoms with E-state index in [0.717, 1.165) is 0 Å². The molecule has 0 aromatic heterocycles. The van der Waals surface area contributed by atoms with Gasteiger partial charge in [-0.25, -0.2) is 0 Å². The molecular formula is C26H24BrP. The van der Waals surface area contributed by atoms with Crippen molar-refractivity contribution < 1.29 is 17.0 Å². The Morgan fingerprint density at radius 1 is 0.500 bits per heavy atom. The SMILES string of the molecule is Cc1ccccc1-c1ccccc1[P+](C)(c1ccccc1)c1ccccc1.[Br-]. The van der Waals surface area contributed by atoms with E-state index < -0.39 is 7.26 Å². The van der Waals surface area contributed by atoms with Crippen LogP contribution in [0.1, 0.15) is 5.56 Å². The van der Waals surface area contributed by atoms with Crippen molar-refractivity contribution in [2.24, 2.45) is 0 Å². The van der Waals surface area contributed by atoms with Crippen LogP contribution in [0.4, 0.5) is 0 Å². The molecule has 0 bridgehead atoms. The predicted octanol–water partition coefficient (Wildman–Crippen LogP) is 2.59. The van der Waals surface area contributed by atoms with Gasteiger partial charge in [0.15, 0.2) is 0 Å². The first-order valence-corrected chi connectivity index (χ1v) is 11.6. The Morgan fingerprint density at radius 2 is 0.929 bits per heavy atom. The van der Waals surface area contributed by atoms with Crippen molar-refractivity contribution in [3.63, 3.8) is 0 Å². The molecule has 0 aliphatic carbocycles. The van der Waals surface area contributed by atoms with Crippen LogP contribution >= 0.6 is 7.26 Å². The van der Waals surface area contributed by atoms with E-state index in [4.69, 9.17) is 0 Å². The summed E-state index contributed by atoms with van der Waals surface area (Å²) in [5, 5.41) is 4.27. The van der Waals surface area contributed by atoms with E-state index in [2.05, 4.69) is 123 Å². The summed E-state index contributed by atoms with van der Waals surface area (Å²) in [6, 6.07) is 39.6. The molecule has 4 rings (SSSR count). The van der Waals surface area contributed by atoms with Crippen molar-refractivity contribution in [3.8, 4) is 11.1 Å². The third kappa shape index (κ3) is 3.70. The molecule has 0 saturated heterocycles. The van der Waals surface area contributed by atoms with Crippen LogP contribution in [-0.2, 0) is 0 Å². The van der Waals surface area contributed by atoms with Crippen molar-refractivity contribution in [2.45, 2.75) is 6.92 Å². The Balaban J connectivity index is 0.00000225. The third-order valence-electron chi connectivity index (χ3n) is 5.37. The van der Waals surface area contributed by atoms with Crippen LogP contribution in [0.3, 0.4) is 0 Å². The second-order valence-electron chi connectivity index (χ2n) is 7.01. The Hall–Kier alpha value is -2.21. The Labute approximate surface area is 179 Å². The molecule has 0 heterocycles. The summed E-state index contributed by atoms with van der Waals surface area (Å²) in [6.45, 7) is 4.65. The molecule has 0 radical (unpaired) electrons. The average molecular weight is 447 g/mol. The molecule has 0 amide bonds. The molecular weight excluding hydrogens is 423 g/mol. The van der Waals surface area contributed by atoms with E-state index in [1.807, 2.05) is 0 Å². The second-order valence-corrected chi connectivity index (χ2v) is 10.5. The largest absolute Gasteiger partial charge is 1.00 e. The number of halogens is 1. The van der Waals surface area contributed by atoms with Crippen LogP contribution in [0.25, 0.3) is 11.1 Å². The minimum atomic E-state index is -1.75. The zero-order chi connectivity index (χ0) is 18.7. The van der Waals surface area contributed by atoms with E-state index in [0.29, 0.717) is 0 Å². The standard InChI is InChI=1S/C26H24P.BrH/c1-21-13-9-10-18-24(21)25-19-11-12-20-26(25)27(2,22-14-5-3-6-15-22)23-16-7-4-8-17-23;/h3-20H,1-2H3;1H/q+1;/p-1. The summed E-state index contributed by atoms with van der Waals surface area (Å²) in [6.07, 6.45) is 0. The number of hydrogen-bond donors (Lipinski definition) is 0. The van der Waals surface area contributed by atoms with E-state index in [1.165, 1.54) is 32.6 Å². The molecule has 0 fully saturated rings. The maximum absolute atomic E-state index is 2.45. The van der Waals surface area contributed by atoms with Crippen molar-refractivity contribution in [2.75, 3.05) is 6.66 Å². The first-order chi connectivity index (χ1) is 13.2. The van der Waals surface area contributed by atoms with Crippen LogP contribution in [-0.4, -0.2) is 6.66 Å². The topological polar surface area (TPSA) is 0 Å². The summed E-state index contributed by atoms with van der Waals surface area (Å²) < 4.78 is 0. The molecule has 0 unspecified atom stereocenters. The van der Waals surface area contributed by atoms with Gasteiger partial charge >= 0.3 is 0 Å².